The SMILES string of the molecule is CCCCCCCCCCCCOC(=O)CC[PH](=O)CCC(=O)OCCCCCCCCCCCC. The molecule has 0 radical (unpaired) electrons. The summed E-state index contributed by atoms with van der Waals surface area (Å²) in [6, 6.07) is 0. The molecule has 0 N–H and O–H groups in total. The van der Waals surface area contributed by atoms with Crippen LogP contribution in [0.1, 0.15) is 155 Å². The predicted molar refractivity (Wildman–Crippen MR) is 154 cm³/mol. The molecule has 0 aromatic rings. The minimum atomic E-state index is -1.94. The lowest BCUT2D eigenvalue weighted by molar-refractivity contribution is -0.144. The number of hydrogen-bond donors (Lipinski definition) is 0. The van der Waals surface area contributed by atoms with E-state index in [9.17, 15) is 14.2 Å². The Hall–Kier alpha value is -0.830. The van der Waals surface area contributed by atoms with Gasteiger partial charge in [0.05, 0.1) is 33.9 Å². The molecule has 0 aliphatic heterocycles. The topological polar surface area (TPSA) is 69.7 Å². The van der Waals surface area contributed by atoms with Crippen LogP contribution in [0.15, 0.2) is 0 Å². The van der Waals surface area contributed by atoms with Crippen molar-refractivity contribution < 1.29 is 23.6 Å². The first-order valence-electron chi connectivity index (χ1n) is 15.4. The summed E-state index contributed by atoms with van der Waals surface area (Å²) in [5.41, 5.74) is 0. The zero-order valence-electron chi connectivity index (χ0n) is 23.9. The Morgan fingerprint density at radius 1 is 0.472 bits per heavy atom. The molecule has 0 unspecified atom stereocenters. The van der Waals surface area contributed by atoms with Crippen LogP contribution in [0, 0.1) is 0 Å². The van der Waals surface area contributed by atoms with Crippen molar-refractivity contribution >= 4 is 19.7 Å². The summed E-state index contributed by atoms with van der Waals surface area (Å²) in [5.74, 6) is -0.541. The zero-order valence-corrected chi connectivity index (χ0v) is 24.9. The van der Waals surface area contributed by atoms with Gasteiger partial charge in [-0.3, -0.25) is 9.59 Å². The second kappa shape index (κ2) is 28.7. The largest absolute Gasteiger partial charge is 0.466 e. The van der Waals surface area contributed by atoms with Crippen LogP contribution in [0.5, 0.6) is 0 Å². The number of ether oxygens (including phenoxy) is 2. The van der Waals surface area contributed by atoms with Gasteiger partial charge in [-0.2, -0.15) is 0 Å². The monoisotopic (exact) mass is 530 g/mol. The summed E-state index contributed by atoms with van der Waals surface area (Å²) >= 11 is 0. The van der Waals surface area contributed by atoms with E-state index in [0.29, 0.717) is 25.5 Å². The lowest BCUT2D eigenvalue weighted by Gasteiger charge is -2.06. The van der Waals surface area contributed by atoms with Gasteiger partial charge in [0.15, 0.2) is 0 Å². The van der Waals surface area contributed by atoms with Crippen LogP contribution < -0.4 is 0 Å². The highest BCUT2D eigenvalue weighted by Gasteiger charge is 2.10. The van der Waals surface area contributed by atoms with Crippen molar-refractivity contribution in [1.82, 2.24) is 0 Å². The Bertz CT molecular complexity index is 479. The first kappa shape index (κ1) is 35.2. The second-order valence-electron chi connectivity index (χ2n) is 10.3. The van der Waals surface area contributed by atoms with Crippen molar-refractivity contribution in [2.75, 3.05) is 25.5 Å². The van der Waals surface area contributed by atoms with Crippen LogP contribution in [-0.4, -0.2) is 37.5 Å². The molecule has 214 valence electrons. The van der Waals surface area contributed by atoms with Crippen molar-refractivity contribution in [2.45, 2.75) is 155 Å². The van der Waals surface area contributed by atoms with E-state index in [1.54, 1.807) is 0 Å². The quantitative estimate of drug-likeness (QED) is 0.0573. The standard InChI is InChI=1S/C30H59O5P/c1-3-5-7-9-11-13-15-17-19-21-25-34-29(31)23-27-36(33)28-24-30(32)35-26-22-20-18-16-14-12-10-8-6-4-2/h36H,3-28H2,1-2H3. The average molecular weight is 531 g/mol. The van der Waals surface area contributed by atoms with E-state index in [1.165, 1.54) is 103 Å². The third kappa shape index (κ3) is 27.8. The van der Waals surface area contributed by atoms with Crippen LogP contribution in [-0.2, 0) is 23.6 Å². The maximum atomic E-state index is 12.1. The van der Waals surface area contributed by atoms with Crippen LogP contribution in [0.2, 0.25) is 0 Å². The minimum Gasteiger partial charge on any atom is -0.466 e. The van der Waals surface area contributed by atoms with Crippen LogP contribution >= 0.6 is 7.80 Å². The molecule has 0 bridgehead atoms. The molecular formula is C30H59O5P. The summed E-state index contributed by atoms with van der Waals surface area (Å²) < 4.78 is 22.7. The zero-order chi connectivity index (χ0) is 26.5. The van der Waals surface area contributed by atoms with Crippen LogP contribution in [0.3, 0.4) is 0 Å². The lowest BCUT2D eigenvalue weighted by Crippen LogP contribution is -2.09. The average Bonchev–Trinajstić information content (AvgIpc) is 2.88. The van der Waals surface area contributed by atoms with E-state index in [4.69, 9.17) is 9.47 Å². The highest BCUT2D eigenvalue weighted by atomic mass is 31.1. The smallest absolute Gasteiger partial charge is 0.306 e. The van der Waals surface area contributed by atoms with E-state index in [1.807, 2.05) is 0 Å². The highest BCUT2D eigenvalue weighted by molar-refractivity contribution is 7.44. The molecule has 6 heteroatoms. The molecule has 0 saturated carbocycles. The Morgan fingerprint density at radius 2 is 0.750 bits per heavy atom. The number of rotatable bonds is 28. The fourth-order valence-electron chi connectivity index (χ4n) is 4.30. The number of carbonyl (C=O) groups is 2. The van der Waals surface area contributed by atoms with Crippen molar-refractivity contribution in [3.8, 4) is 0 Å². The number of esters is 2. The summed E-state index contributed by atoms with van der Waals surface area (Å²) in [5, 5.41) is 0. The summed E-state index contributed by atoms with van der Waals surface area (Å²) in [4.78, 5) is 23.7. The fraction of sp³-hybridized carbons (Fsp3) is 0.933. The number of unbranched alkanes of at least 4 members (excludes halogenated alkanes) is 18. The van der Waals surface area contributed by atoms with Gasteiger partial charge in [0.25, 0.3) is 0 Å². The second-order valence-corrected chi connectivity index (χ2v) is 12.4. The summed E-state index contributed by atoms with van der Waals surface area (Å²) in [6.07, 6.45) is 26.0. The van der Waals surface area contributed by atoms with Gasteiger partial charge in [-0.25, -0.2) is 0 Å². The molecule has 0 rings (SSSR count). The molecule has 36 heavy (non-hydrogen) atoms. The molecule has 0 saturated heterocycles. The number of hydrogen-bond acceptors (Lipinski definition) is 5. The molecule has 5 nitrogen and oxygen atoms in total. The Morgan fingerprint density at radius 3 is 1.06 bits per heavy atom. The van der Waals surface area contributed by atoms with Crippen molar-refractivity contribution in [3.05, 3.63) is 0 Å². The van der Waals surface area contributed by atoms with E-state index in [-0.39, 0.29) is 24.8 Å². The maximum absolute atomic E-state index is 12.1. The van der Waals surface area contributed by atoms with Crippen LogP contribution in [0.4, 0.5) is 0 Å². The van der Waals surface area contributed by atoms with Gasteiger partial charge in [-0.1, -0.05) is 129 Å². The number of carbonyl (C=O) groups excluding carboxylic acids is 2. The third-order valence-electron chi connectivity index (χ3n) is 6.74. The van der Waals surface area contributed by atoms with Crippen molar-refractivity contribution in [2.24, 2.45) is 0 Å². The molecule has 0 aliphatic carbocycles. The predicted octanol–water partition coefficient (Wildman–Crippen LogP) is 9.25. The molecule has 0 aromatic carbocycles. The van der Waals surface area contributed by atoms with E-state index in [2.05, 4.69) is 13.8 Å². The van der Waals surface area contributed by atoms with Crippen molar-refractivity contribution in [1.29, 1.82) is 0 Å². The maximum Gasteiger partial charge on any atom is 0.306 e. The molecule has 0 spiro atoms. The Balaban J connectivity index is 3.43. The van der Waals surface area contributed by atoms with Gasteiger partial charge in [0, 0.05) is 12.3 Å². The first-order valence-corrected chi connectivity index (χ1v) is 17.2. The van der Waals surface area contributed by atoms with E-state index >= 15 is 0 Å². The third-order valence-corrected chi connectivity index (χ3v) is 8.35. The molecule has 0 aromatic heterocycles. The fourth-order valence-corrected chi connectivity index (χ4v) is 5.52. The summed E-state index contributed by atoms with van der Waals surface area (Å²) in [7, 11) is -1.94. The van der Waals surface area contributed by atoms with Gasteiger partial charge in [0.2, 0.25) is 0 Å². The highest BCUT2D eigenvalue weighted by Crippen LogP contribution is 2.23. The first-order chi connectivity index (χ1) is 17.6. The van der Waals surface area contributed by atoms with Crippen LogP contribution in [0.25, 0.3) is 0 Å². The van der Waals surface area contributed by atoms with E-state index in [0.717, 1.165) is 25.7 Å². The van der Waals surface area contributed by atoms with Gasteiger partial charge < -0.3 is 14.0 Å². The van der Waals surface area contributed by atoms with Gasteiger partial charge in [0.1, 0.15) is 0 Å². The Kier molecular flexibility index (Phi) is 28.1. The normalized spacial score (nSPS) is 11.2. The Labute approximate surface area is 224 Å². The lowest BCUT2D eigenvalue weighted by atomic mass is 10.1. The minimum absolute atomic E-state index is 0.184. The van der Waals surface area contributed by atoms with Crippen molar-refractivity contribution in [3.63, 3.8) is 0 Å². The molecule has 0 aliphatic rings. The molecule has 0 heterocycles. The molecule has 0 fully saturated rings. The van der Waals surface area contributed by atoms with Gasteiger partial charge in [-0.05, 0) is 12.8 Å². The van der Waals surface area contributed by atoms with Gasteiger partial charge >= 0.3 is 11.9 Å². The molecular weight excluding hydrogens is 471 g/mol. The van der Waals surface area contributed by atoms with E-state index < -0.39 is 7.80 Å². The van der Waals surface area contributed by atoms with Gasteiger partial charge in [-0.15, -0.1) is 0 Å². The molecule has 0 atom stereocenters. The summed E-state index contributed by atoms with van der Waals surface area (Å²) in [6.45, 7) is 5.40. The molecule has 0 amide bonds.